The molecule has 0 saturated heterocycles. The number of hydrogen-bond donors (Lipinski definition) is 1. The van der Waals surface area contributed by atoms with Crippen LogP contribution in [0.3, 0.4) is 0 Å². The van der Waals surface area contributed by atoms with Crippen LogP contribution in [0, 0.1) is 0 Å². The van der Waals surface area contributed by atoms with E-state index in [4.69, 9.17) is 4.74 Å². The van der Waals surface area contributed by atoms with E-state index in [0.29, 0.717) is 0 Å². The van der Waals surface area contributed by atoms with Crippen LogP contribution in [0.4, 0.5) is 0 Å². The Morgan fingerprint density at radius 1 is 0.958 bits per heavy atom. The summed E-state index contributed by atoms with van der Waals surface area (Å²) in [4.78, 5) is 0. The minimum Gasteiger partial charge on any atom is -0.478 e. The van der Waals surface area contributed by atoms with Gasteiger partial charge in [0.1, 0.15) is 0 Å². The number of fused-ring (bicyclic) bond motifs is 1. The molecule has 4 rings (SSSR count). The van der Waals surface area contributed by atoms with Gasteiger partial charge in [0.25, 0.3) is 0 Å². The quantitative estimate of drug-likeness (QED) is 0.780. The Bertz CT molecular complexity index is 770. The van der Waals surface area contributed by atoms with Gasteiger partial charge in [0.05, 0.1) is 12.3 Å². The fraction of sp³-hybridized carbons (Fsp3) is 0.250. The summed E-state index contributed by atoms with van der Waals surface area (Å²) in [5.41, 5.74) is 4.81. The third-order valence-electron chi connectivity index (χ3n) is 4.25. The molecule has 4 heteroatoms. The van der Waals surface area contributed by atoms with Gasteiger partial charge in [0, 0.05) is 32.1 Å². The van der Waals surface area contributed by atoms with Crippen molar-refractivity contribution in [3.8, 4) is 17.0 Å². The third-order valence-corrected chi connectivity index (χ3v) is 4.25. The fourth-order valence-corrected chi connectivity index (χ4v) is 2.98. The second-order valence-electron chi connectivity index (χ2n) is 6.07. The molecule has 1 aliphatic rings. The highest BCUT2D eigenvalue weighted by Crippen LogP contribution is 2.20. The topological polar surface area (TPSA) is 39.1 Å². The molecule has 0 spiro atoms. The smallest absolute Gasteiger partial charge is 0.212 e. The van der Waals surface area contributed by atoms with E-state index in [9.17, 15) is 0 Å². The first-order valence-electron chi connectivity index (χ1n) is 8.43. The maximum absolute atomic E-state index is 5.60. The van der Waals surface area contributed by atoms with Crippen LogP contribution < -0.4 is 10.1 Å². The number of aryl methyl sites for hydroxylation is 1. The van der Waals surface area contributed by atoms with Gasteiger partial charge < -0.3 is 10.1 Å². The fourth-order valence-electron chi connectivity index (χ4n) is 2.98. The van der Waals surface area contributed by atoms with Crippen molar-refractivity contribution >= 4 is 0 Å². The largest absolute Gasteiger partial charge is 0.478 e. The van der Waals surface area contributed by atoms with E-state index in [1.165, 1.54) is 16.7 Å². The molecule has 1 aromatic heterocycles. The Morgan fingerprint density at radius 3 is 2.54 bits per heavy atom. The molecule has 0 bridgehead atoms. The molecule has 0 unspecified atom stereocenters. The van der Waals surface area contributed by atoms with E-state index in [2.05, 4.69) is 58.9 Å². The molecule has 0 fully saturated rings. The average Bonchev–Trinajstić information content (AvgIpc) is 3.06. The van der Waals surface area contributed by atoms with Gasteiger partial charge in [0.2, 0.25) is 5.88 Å². The molecule has 24 heavy (non-hydrogen) atoms. The van der Waals surface area contributed by atoms with Gasteiger partial charge >= 0.3 is 0 Å². The molecule has 0 atom stereocenters. The number of nitrogens with zero attached hydrogens (tertiary/aromatic N) is 2. The number of benzene rings is 2. The van der Waals surface area contributed by atoms with Crippen molar-refractivity contribution in [2.24, 2.45) is 0 Å². The second-order valence-corrected chi connectivity index (χ2v) is 6.07. The zero-order chi connectivity index (χ0) is 16.2. The lowest BCUT2D eigenvalue weighted by atomic mass is 10.0. The van der Waals surface area contributed by atoms with Crippen LogP contribution in [0.5, 0.6) is 5.88 Å². The maximum Gasteiger partial charge on any atom is 0.212 e. The van der Waals surface area contributed by atoms with E-state index in [0.717, 1.165) is 44.2 Å². The Labute approximate surface area is 142 Å². The highest BCUT2D eigenvalue weighted by atomic mass is 16.5. The molecule has 0 radical (unpaired) electrons. The van der Waals surface area contributed by atoms with Gasteiger partial charge in [-0.3, -0.25) is 0 Å². The van der Waals surface area contributed by atoms with E-state index in [-0.39, 0.29) is 0 Å². The summed E-state index contributed by atoms with van der Waals surface area (Å²) in [6.45, 7) is 3.34. The SMILES string of the molecule is c1ccc(-c2ccc(CNCc3cc4n(n3)CCCO4)cc2)cc1. The van der Waals surface area contributed by atoms with Crippen molar-refractivity contribution in [1.29, 1.82) is 0 Å². The van der Waals surface area contributed by atoms with Gasteiger partial charge in [-0.15, -0.1) is 0 Å². The van der Waals surface area contributed by atoms with Crippen molar-refractivity contribution in [1.82, 2.24) is 15.1 Å². The molecule has 2 aromatic carbocycles. The number of aromatic nitrogens is 2. The van der Waals surface area contributed by atoms with Crippen molar-refractivity contribution in [2.75, 3.05) is 6.61 Å². The first-order valence-corrected chi connectivity index (χ1v) is 8.43. The predicted octanol–water partition coefficient (Wildman–Crippen LogP) is 3.62. The summed E-state index contributed by atoms with van der Waals surface area (Å²) in [5, 5.41) is 8.02. The van der Waals surface area contributed by atoms with E-state index >= 15 is 0 Å². The number of ether oxygens (including phenoxy) is 1. The molecule has 122 valence electrons. The van der Waals surface area contributed by atoms with Crippen molar-refractivity contribution in [2.45, 2.75) is 26.1 Å². The zero-order valence-electron chi connectivity index (χ0n) is 13.6. The summed E-state index contributed by atoms with van der Waals surface area (Å²) in [5.74, 6) is 0.894. The van der Waals surface area contributed by atoms with Crippen LogP contribution >= 0.6 is 0 Å². The zero-order valence-corrected chi connectivity index (χ0v) is 13.6. The maximum atomic E-state index is 5.60. The highest BCUT2D eigenvalue weighted by Gasteiger charge is 2.12. The number of rotatable bonds is 5. The lowest BCUT2D eigenvalue weighted by Gasteiger charge is -2.13. The molecular formula is C20H21N3O. The molecule has 2 heterocycles. The summed E-state index contributed by atoms with van der Waals surface area (Å²) >= 11 is 0. The van der Waals surface area contributed by atoms with Crippen LogP contribution in [-0.4, -0.2) is 16.4 Å². The van der Waals surface area contributed by atoms with E-state index in [1.807, 2.05) is 16.8 Å². The minimum absolute atomic E-state index is 0.754. The molecule has 1 aliphatic heterocycles. The molecule has 1 N–H and O–H groups in total. The van der Waals surface area contributed by atoms with Gasteiger partial charge in [-0.1, -0.05) is 54.6 Å². The first-order chi connectivity index (χ1) is 11.9. The lowest BCUT2D eigenvalue weighted by Crippen LogP contribution is -2.15. The first kappa shape index (κ1) is 15.0. The molecule has 0 saturated carbocycles. The Balaban J connectivity index is 1.34. The molecule has 3 aromatic rings. The van der Waals surface area contributed by atoms with Crippen LogP contribution in [0.15, 0.2) is 60.7 Å². The molecule has 4 nitrogen and oxygen atoms in total. The van der Waals surface area contributed by atoms with Gasteiger partial charge in [0.15, 0.2) is 0 Å². The van der Waals surface area contributed by atoms with Crippen molar-refractivity contribution in [3.63, 3.8) is 0 Å². The van der Waals surface area contributed by atoms with Gasteiger partial charge in [-0.25, -0.2) is 4.68 Å². The summed E-state index contributed by atoms with van der Waals surface area (Å²) in [6, 6.07) is 21.2. The van der Waals surface area contributed by atoms with E-state index in [1.54, 1.807) is 0 Å². The monoisotopic (exact) mass is 319 g/mol. The summed E-state index contributed by atoms with van der Waals surface area (Å²) in [7, 11) is 0. The van der Waals surface area contributed by atoms with Crippen molar-refractivity contribution in [3.05, 3.63) is 71.9 Å². The summed E-state index contributed by atoms with van der Waals surface area (Å²) in [6.07, 6.45) is 1.04. The lowest BCUT2D eigenvalue weighted by molar-refractivity contribution is 0.230. The second kappa shape index (κ2) is 6.89. The van der Waals surface area contributed by atoms with Gasteiger partial charge in [-0.2, -0.15) is 5.10 Å². The Hall–Kier alpha value is -2.59. The van der Waals surface area contributed by atoms with Crippen LogP contribution in [-0.2, 0) is 19.6 Å². The van der Waals surface area contributed by atoms with E-state index < -0.39 is 0 Å². The van der Waals surface area contributed by atoms with Gasteiger partial charge in [-0.05, 0) is 16.7 Å². The Kier molecular flexibility index (Phi) is 4.30. The normalized spacial score (nSPS) is 13.3. The van der Waals surface area contributed by atoms with Crippen LogP contribution in [0.25, 0.3) is 11.1 Å². The van der Waals surface area contributed by atoms with Crippen LogP contribution in [0.2, 0.25) is 0 Å². The standard InChI is InChI=1S/C20H21N3O/c1-2-5-17(6-3-1)18-9-7-16(8-10-18)14-21-15-19-13-20-23(22-19)11-4-12-24-20/h1-3,5-10,13,21H,4,11-12,14-15H2. The molecule has 0 amide bonds. The molecule has 0 aliphatic carbocycles. The molecular weight excluding hydrogens is 298 g/mol. The highest BCUT2D eigenvalue weighted by molar-refractivity contribution is 5.63. The number of nitrogens with one attached hydrogen (secondary N) is 1. The van der Waals surface area contributed by atoms with Crippen LogP contribution in [0.1, 0.15) is 17.7 Å². The Morgan fingerprint density at radius 2 is 1.75 bits per heavy atom. The summed E-state index contributed by atoms with van der Waals surface area (Å²) < 4.78 is 7.55. The minimum atomic E-state index is 0.754. The third kappa shape index (κ3) is 3.34. The number of hydrogen-bond acceptors (Lipinski definition) is 3. The van der Waals surface area contributed by atoms with Crippen molar-refractivity contribution < 1.29 is 4.74 Å². The predicted molar refractivity (Wildman–Crippen MR) is 94.8 cm³/mol. The average molecular weight is 319 g/mol.